The van der Waals surface area contributed by atoms with Crippen molar-refractivity contribution in [3.8, 4) is 12.1 Å². The van der Waals surface area contributed by atoms with Gasteiger partial charge in [0.2, 0.25) is 0 Å². The van der Waals surface area contributed by atoms with Crippen LogP contribution >= 0.6 is 0 Å². The second kappa shape index (κ2) is 5.41. The summed E-state index contributed by atoms with van der Waals surface area (Å²) in [5.41, 5.74) is -0.482. The van der Waals surface area contributed by atoms with E-state index in [0.717, 1.165) is 12.3 Å². The Morgan fingerprint density at radius 1 is 1.50 bits per heavy atom. The summed E-state index contributed by atoms with van der Waals surface area (Å²) in [6.07, 6.45) is 1.03. The largest absolute Gasteiger partial charge is 0.354 e. The first kappa shape index (κ1) is 13.1. The number of halogens is 1. The van der Waals surface area contributed by atoms with Crippen molar-refractivity contribution in [1.29, 1.82) is 10.5 Å². The van der Waals surface area contributed by atoms with E-state index in [2.05, 4.69) is 5.32 Å². The number of hydrogen-bond donors (Lipinski definition) is 1. The molecule has 1 aromatic rings. The van der Waals surface area contributed by atoms with E-state index in [1.165, 1.54) is 13.0 Å². The fourth-order valence-electron chi connectivity index (χ4n) is 1.18. The van der Waals surface area contributed by atoms with E-state index in [0.29, 0.717) is 0 Å². The van der Waals surface area contributed by atoms with Gasteiger partial charge in [-0.05, 0) is 18.6 Å². The normalized spacial score (nSPS) is 8.89. The lowest BCUT2D eigenvalue weighted by molar-refractivity contribution is -0.384. The van der Waals surface area contributed by atoms with E-state index in [1.807, 2.05) is 0 Å². The van der Waals surface area contributed by atoms with Gasteiger partial charge in [0.1, 0.15) is 29.2 Å². The van der Waals surface area contributed by atoms with Crippen molar-refractivity contribution < 1.29 is 9.31 Å². The van der Waals surface area contributed by atoms with E-state index >= 15 is 0 Å². The Bertz CT molecular complexity index is 595. The first-order valence-electron chi connectivity index (χ1n) is 4.71. The number of anilines is 1. The number of benzene rings is 1. The van der Waals surface area contributed by atoms with Gasteiger partial charge in [0.05, 0.1) is 11.0 Å². The minimum Gasteiger partial charge on any atom is -0.354 e. The monoisotopic (exact) mass is 246 g/mol. The summed E-state index contributed by atoms with van der Waals surface area (Å²) in [6.45, 7) is 1.45. The summed E-state index contributed by atoms with van der Waals surface area (Å²) < 4.78 is 13.2. The number of nitriles is 2. The first-order chi connectivity index (χ1) is 8.49. The molecule has 0 radical (unpaired) electrons. The lowest BCUT2D eigenvalue weighted by Gasteiger charge is -2.04. The third-order valence-corrected chi connectivity index (χ3v) is 2.09. The highest BCUT2D eigenvalue weighted by Crippen LogP contribution is 2.27. The summed E-state index contributed by atoms with van der Waals surface area (Å²) in [5, 5.41) is 30.2. The predicted molar refractivity (Wildman–Crippen MR) is 60.7 cm³/mol. The maximum absolute atomic E-state index is 13.2. The van der Waals surface area contributed by atoms with E-state index < -0.39 is 16.4 Å². The summed E-state index contributed by atoms with van der Waals surface area (Å²) in [7, 11) is 0. The third-order valence-electron chi connectivity index (χ3n) is 2.09. The lowest BCUT2D eigenvalue weighted by Crippen LogP contribution is -1.99. The molecule has 0 unspecified atom stereocenters. The number of rotatable bonds is 3. The van der Waals surface area contributed by atoms with Crippen LogP contribution in [0.2, 0.25) is 0 Å². The third kappa shape index (κ3) is 2.80. The zero-order valence-corrected chi connectivity index (χ0v) is 9.27. The van der Waals surface area contributed by atoms with Gasteiger partial charge in [-0.1, -0.05) is 0 Å². The van der Waals surface area contributed by atoms with Crippen LogP contribution in [0.15, 0.2) is 23.9 Å². The molecule has 18 heavy (non-hydrogen) atoms. The number of allylic oxidation sites excluding steroid dienone is 1. The molecular formula is C11H7FN4O2. The van der Waals surface area contributed by atoms with Gasteiger partial charge >= 0.3 is 0 Å². The van der Waals surface area contributed by atoms with Crippen LogP contribution in [0.5, 0.6) is 0 Å². The van der Waals surface area contributed by atoms with Crippen molar-refractivity contribution in [2.75, 3.05) is 5.32 Å². The molecule has 1 aromatic carbocycles. The van der Waals surface area contributed by atoms with Gasteiger partial charge in [-0.25, -0.2) is 4.39 Å². The Kier molecular flexibility index (Phi) is 3.95. The molecule has 0 fully saturated rings. The number of nitrogens with zero attached hydrogens (tertiary/aromatic N) is 3. The smallest absolute Gasteiger partial charge is 0.295 e. The molecule has 0 heterocycles. The van der Waals surface area contributed by atoms with Gasteiger partial charge in [0.25, 0.3) is 5.69 Å². The average Bonchev–Trinajstić information content (AvgIpc) is 2.34. The molecule has 0 aliphatic rings. The topological polar surface area (TPSA) is 103 Å². The predicted octanol–water partition coefficient (Wildman–Crippen LogP) is 2.39. The van der Waals surface area contributed by atoms with Crippen molar-refractivity contribution in [3.63, 3.8) is 0 Å². The second-order valence-corrected chi connectivity index (χ2v) is 3.30. The molecule has 0 aliphatic carbocycles. The molecule has 0 amide bonds. The fourth-order valence-corrected chi connectivity index (χ4v) is 1.18. The van der Waals surface area contributed by atoms with E-state index in [1.54, 1.807) is 12.1 Å². The molecule has 0 saturated heterocycles. The second-order valence-electron chi connectivity index (χ2n) is 3.30. The highest BCUT2D eigenvalue weighted by atomic mass is 19.1. The lowest BCUT2D eigenvalue weighted by atomic mass is 10.2. The number of nitro benzene ring substituents is 1. The van der Waals surface area contributed by atoms with Gasteiger partial charge in [0, 0.05) is 6.20 Å². The number of aryl methyl sites for hydroxylation is 1. The van der Waals surface area contributed by atoms with Gasteiger partial charge in [-0.3, -0.25) is 10.1 Å². The first-order valence-corrected chi connectivity index (χ1v) is 4.71. The molecule has 0 spiro atoms. The van der Waals surface area contributed by atoms with Crippen LogP contribution in [-0.2, 0) is 0 Å². The summed E-state index contributed by atoms with van der Waals surface area (Å²) >= 11 is 0. The molecule has 0 saturated carbocycles. The Labute approximate surface area is 102 Å². The number of hydrogen-bond acceptors (Lipinski definition) is 5. The molecule has 0 bridgehead atoms. The van der Waals surface area contributed by atoms with Crippen molar-refractivity contribution in [1.82, 2.24) is 0 Å². The molecule has 1 N–H and O–H groups in total. The van der Waals surface area contributed by atoms with Crippen LogP contribution in [-0.4, -0.2) is 4.92 Å². The van der Waals surface area contributed by atoms with Crippen LogP contribution in [0, 0.1) is 45.5 Å². The molecule has 0 aliphatic heterocycles. The van der Waals surface area contributed by atoms with Crippen LogP contribution < -0.4 is 5.32 Å². The van der Waals surface area contributed by atoms with Gasteiger partial charge in [-0.2, -0.15) is 10.5 Å². The van der Waals surface area contributed by atoms with Crippen molar-refractivity contribution >= 4 is 11.4 Å². The number of nitrogens with one attached hydrogen (secondary N) is 1. The minimum absolute atomic E-state index is 0.0156. The molecule has 0 aromatic heterocycles. The standard InChI is InChI=1S/C11H7FN4O2/c1-7-2-10(15-6-8(4-13)5-14)11(16(17)18)3-9(7)12/h2-3,6,15H,1H3. The van der Waals surface area contributed by atoms with Gasteiger partial charge in [0.15, 0.2) is 0 Å². The zero-order chi connectivity index (χ0) is 13.7. The Hall–Kier alpha value is -2.93. The number of nitro groups is 1. The molecule has 90 valence electrons. The molecule has 6 nitrogen and oxygen atoms in total. The maximum atomic E-state index is 13.2. The SMILES string of the molecule is Cc1cc(NC=C(C#N)C#N)c([N+](=O)[O-])cc1F. The highest BCUT2D eigenvalue weighted by Gasteiger charge is 2.16. The van der Waals surface area contributed by atoms with Crippen LogP contribution in [0.25, 0.3) is 0 Å². The molecular weight excluding hydrogens is 239 g/mol. The van der Waals surface area contributed by atoms with E-state index in [-0.39, 0.29) is 16.8 Å². The summed E-state index contributed by atoms with van der Waals surface area (Å²) in [4.78, 5) is 9.96. The fraction of sp³-hybridized carbons (Fsp3) is 0.0909. The van der Waals surface area contributed by atoms with Gasteiger partial charge in [-0.15, -0.1) is 0 Å². The van der Waals surface area contributed by atoms with Gasteiger partial charge < -0.3 is 5.32 Å². The quantitative estimate of drug-likeness (QED) is 0.501. The average molecular weight is 246 g/mol. The highest BCUT2D eigenvalue weighted by molar-refractivity contribution is 5.65. The summed E-state index contributed by atoms with van der Waals surface area (Å²) in [6, 6.07) is 5.19. The minimum atomic E-state index is -0.753. The van der Waals surface area contributed by atoms with E-state index in [9.17, 15) is 14.5 Å². The molecule has 7 heteroatoms. The Morgan fingerprint density at radius 3 is 2.61 bits per heavy atom. The Morgan fingerprint density at radius 2 is 2.11 bits per heavy atom. The molecule has 0 atom stereocenters. The zero-order valence-electron chi connectivity index (χ0n) is 9.27. The van der Waals surface area contributed by atoms with Crippen LogP contribution in [0.3, 0.4) is 0 Å². The summed E-state index contributed by atoms with van der Waals surface area (Å²) in [5.74, 6) is -0.697. The maximum Gasteiger partial charge on any atom is 0.295 e. The van der Waals surface area contributed by atoms with E-state index in [4.69, 9.17) is 10.5 Å². The van der Waals surface area contributed by atoms with Crippen molar-refractivity contribution in [3.05, 3.63) is 45.4 Å². The van der Waals surface area contributed by atoms with Crippen molar-refractivity contribution in [2.24, 2.45) is 0 Å². The Balaban J connectivity index is 3.21. The molecule has 1 rings (SSSR count). The van der Waals surface area contributed by atoms with Crippen molar-refractivity contribution in [2.45, 2.75) is 6.92 Å². The van der Waals surface area contributed by atoms with Crippen LogP contribution in [0.1, 0.15) is 5.56 Å². The van der Waals surface area contributed by atoms with Crippen LogP contribution in [0.4, 0.5) is 15.8 Å².